The summed E-state index contributed by atoms with van der Waals surface area (Å²) in [6, 6.07) is 41.9. The van der Waals surface area contributed by atoms with Crippen molar-refractivity contribution in [2.75, 3.05) is 5.32 Å². The Morgan fingerprint density at radius 1 is 0.610 bits per heavy atom. The third kappa shape index (κ3) is 8.24. The average molecular weight is 820 g/mol. The fourth-order valence-electron chi connectivity index (χ4n) is 6.31. The first-order valence-electron chi connectivity index (χ1n) is 18.3. The number of amides is 1. The van der Waals surface area contributed by atoms with Crippen LogP contribution in [0.2, 0.25) is 0 Å². The third-order valence-corrected chi connectivity index (χ3v) is 11.0. The molecule has 0 radical (unpaired) electrons. The summed E-state index contributed by atoms with van der Waals surface area (Å²) in [6.07, 6.45) is 1.25. The number of nitrogens with zero attached hydrogens (tertiary/aromatic N) is 8. The highest BCUT2D eigenvalue weighted by Gasteiger charge is 2.42. The monoisotopic (exact) mass is 819 g/mol. The molecule has 6 aromatic heterocycles. The van der Waals surface area contributed by atoms with Crippen LogP contribution in [0.4, 0.5) is 14.6 Å². The molecule has 3 aromatic carbocycles. The molecule has 1 N–H and O–H groups in total. The van der Waals surface area contributed by atoms with Gasteiger partial charge in [-0.05, 0) is 84.4 Å². The van der Waals surface area contributed by atoms with Crippen molar-refractivity contribution in [3.63, 3.8) is 0 Å². The SMILES string of the molecule is O=C(Nc1cccc(CSc2nc3cc(-c4ccc(CSc5nc6ccccc6n5-c5ccccn5)nc4)ccc3n2-c2ccccn2)n1)C(F)(F)Oc1ccccc1. The molecule has 11 nitrogen and oxygen atoms in total. The Balaban J connectivity index is 0.919. The van der Waals surface area contributed by atoms with E-state index in [2.05, 4.69) is 35.6 Å². The lowest BCUT2D eigenvalue weighted by Gasteiger charge is -2.17. The van der Waals surface area contributed by atoms with Gasteiger partial charge in [-0.3, -0.25) is 18.9 Å². The highest BCUT2D eigenvalue weighted by molar-refractivity contribution is 7.98. The number of carbonyl (C=O) groups is 1. The fraction of sp³-hybridized carbons (Fsp3) is 0.0682. The molecule has 59 heavy (non-hydrogen) atoms. The molecule has 0 unspecified atom stereocenters. The summed E-state index contributed by atoms with van der Waals surface area (Å²) in [5.74, 6) is 0.629. The molecule has 0 spiro atoms. The van der Waals surface area contributed by atoms with Crippen LogP contribution in [0, 0.1) is 0 Å². The number of benzene rings is 3. The lowest BCUT2D eigenvalue weighted by molar-refractivity contribution is -0.187. The smallest absolute Gasteiger partial charge is 0.425 e. The quantitative estimate of drug-likeness (QED) is 0.112. The van der Waals surface area contributed by atoms with Crippen molar-refractivity contribution in [2.45, 2.75) is 27.9 Å². The minimum absolute atomic E-state index is 0.0325. The minimum Gasteiger partial charge on any atom is -0.425 e. The zero-order valence-electron chi connectivity index (χ0n) is 30.9. The Bertz CT molecular complexity index is 2900. The highest BCUT2D eigenvalue weighted by Crippen LogP contribution is 2.33. The predicted molar refractivity (Wildman–Crippen MR) is 225 cm³/mol. The van der Waals surface area contributed by atoms with Gasteiger partial charge in [0.2, 0.25) is 0 Å². The van der Waals surface area contributed by atoms with Crippen LogP contribution in [-0.4, -0.2) is 51.1 Å². The first-order chi connectivity index (χ1) is 28.9. The van der Waals surface area contributed by atoms with E-state index in [-0.39, 0.29) is 11.6 Å². The van der Waals surface area contributed by atoms with Gasteiger partial charge in [0.1, 0.15) is 23.2 Å². The lowest BCUT2D eigenvalue weighted by Crippen LogP contribution is -2.40. The van der Waals surface area contributed by atoms with Gasteiger partial charge in [-0.15, -0.1) is 0 Å². The molecule has 0 bridgehead atoms. The van der Waals surface area contributed by atoms with E-state index in [9.17, 15) is 13.6 Å². The number of ether oxygens (including phenoxy) is 1. The van der Waals surface area contributed by atoms with Crippen molar-refractivity contribution in [1.29, 1.82) is 0 Å². The number of anilines is 1. The number of hydrogen-bond acceptors (Lipinski definition) is 10. The van der Waals surface area contributed by atoms with Crippen molar-refractivity contribution in [3.05, 3.63) is 170 Å². The lowest BCUT2D eigenvalue weighted by atomic mass is 10.1. The molecule has 0 aliphatic rings. The maximum atomic E-state index is 14.6. The zero-order chi connectivity index (χ0) is 40.2. The van der Waals surface area contributed by atoms with Crippen LogP contribution in [0.3, 0.4) is 0 Å². The van der Waals surface area contributed by atoms with Gasteiger partial charge in [0.15, 0.2) is 10.3 Å². The Kier molecular flexibility index (Phi) is 10.5. The number of para-hydroxylation sites is 3. The zero-order valence-corrected chi connectivity index (χ0v) is 32.5. The summed E-state index contributed by atoms with van der Waals surface area (Å²) >= 11 is 3.01. The van der Waals surface area contributed by atoms with Crippen LogP contribution in [0.15, 0.2) is 168 Å². The van der Waals surface area contributed by atoms with E-state index in [0.717, 1.165) is 49.9 Å². The van der Waals surface area contributed by atoms with Crippen molar-refractivity contribution in [2.24, 2.45) is 0 Å². The summed E-state index contributed by atoms with van der Waals surface area (Å²) in [5.41, 5.74) is 6.82. The number of nitrogens with one attached hydrogen (secondary N) is 1. The number of carbonyl (C=O) groups excluding carboxylic acids is 1. The second kappa shape index (κ2) is 16.5. The normalized spacial score (nSPS) is 11.6. The number of alkyl halides is 2. The molecule has 6 heterocycles. The largest absolute Gasteiger partial charge is 0.482 e. The van der Waals surface area contributed by atoms with Crippen molar-refractivity contribution in [1.82, 2.24) is 39.0 Å². The molecule has 0 atom stereocenters. The van der Waals surface area contributed by atoms with Crippen molar-refractivity contribution < 1.29 is 18.3 Å². The number of thioether (sulfide) groups is 2. The Hall–Kier alpha value is -6.97. The number of rotatable bonds is 13. The average Bonchev–Trinajstić information content (AvgIpc) is 3.84. The Morgan fingerprint density at radius 2 is 1.25 bits per heavy atom. The molecule has 0 aliphatic carbocycles. The molecule has 0 fully saturated rings. The number of halogens is 2. The third-order valence-electron chi connectivity index (χ3n) is 9.07. The van der Waals surface area contributed by atoms with Gasteiger partial charge in [0.25, 0.3) is 0 Å². The van der Waals surface area contributed by atoms with E-state index < -0.39 is 12.0 Å². The minimum atomic E-state index is -4.11. The van der Waals surface area contributed by atoms with Crippen LogP contribution >= 0.6 is 23.5 Å². The molecular formula is C44H31F2N9O2S2. The second-order valence-corrected chi connectivity index (χ2v) is 14.9. The first-order valence-corrected chi connectivity index (χ1v) is 20.3. The Labute approximate surface area is 344 Å². The maximum Gasteiger partial charge on any atom is 0.482 e. The van der Waals surface area contributed by atoms with Gasteiger partial charge in [-0.2, -0.15) is 8.78 Å². The van der Waals surface area contributed by atoms with Crippen LogP contribution in [0.1, 0.15) is 11.4 Å². The number of pyridine rings is 4. The van der Waals surface area contributed by atoms with Gasteiger partial charge in [0.05, 0.1) is 33.5 Å². The first kappa shape index (κ1) is 37.6. The molecule has 9 aromatic rings. The summed E-state index contributed by atoms with van der Waals surface area (Å²) in [4.78, 5) is 40.8. The maximum absolute atomic E-state index is 14.6. The number of imidazole rings is 2. The van der Waals surface area contributed by atoms with Gasteiger partial charge < -0.3 is 10.1 Å². The number of aromatic nitrogens is 8. The number of fused-ring (bicyclic) bond motifs is 2. The molecule has 15 heteroatoms. The van der Waals surface area contributed by atoms with E-state index in [0.29, 0.717) is 28.2 Å². The molecule has 290 valence electrons. The standard InChI is InChI=1S/C44H31F2N9O2S2/c45-44(46,57-33-12-2-1-3-13-33)41(56)53-38-16-10-11-32(50-38)28-59-43-52-35-25-29(20-22-37(35)55(43)40-18-7-9-24-48-40)30-19-21-31(49-26-30)27-58-42-51-34-14-4-5-15-36(34)54(42)39-17-6-8-23-47-39/h1-26H,27-28H2,(H,50,53,56). The summed E-state index contributed by atoms with van der Waals surface area (Å²) in [6.45, 7) is 0. The predicted octanol–water partition coefficient (Wildman–Crippen LogP) is 9.81. The van der Waals surface area contributed by atoms with E-state index in [1.54, 1.807) is 42.4 Å². The fourth-order valence-corrected chi connectivity index (χ4v) is 8.16. The van der Waals surface area contributed by atoms with E-state index in [4.69, 9.17) is 15.0 Å². The van der Waals surface area contributed by atoms with Crippen LogP contribution < -0.4 is 10.1 Å². The molecule has 0 saturated heterocycles. The van der Waals surface area contributed by atoms with Crippen molar-refractivity contribution >= 4 is 57.3 Å². The summed E-state index contributed by atoms with van der Waals surface area (Å²) in [7, 11) is 0. The molecule has 1 amide bonds. The number of hydrogen-bond donors (Lipinski definition) is 1. The van der Waals surface area contributed by atoms with E-state index in [1.807, 2.05) is 95.7 Å². The molecule has 9 rings (SSSR count). The van der Waals surface area contributed by atoms with Crippen LogP contribution in [0.5, 0.6) is 5.75 Å². The summed E-state index contributed by atoms with van der Waals surface area (Å²) < 4.78 is 37.9. The van der Waals surface area contributed by atoms with Crippen LogP contribution in [-0.2, 0) is 16.3 Å². The molecular weight excluding hydrogens is 789 g/mol. The van der Waals surface area contributed by atoms with Gasteiger partial charge in [-0.1, -0.05) is 84.2 Å². The topological polar surface area (TPSA) is 126 Å². The second-order valence-electron chi connectivity index (χ2n) is 13.0. The van der Waals surface area contributed by atoms with Gasteiger partial charge >= 0.3 is 12.0 Å². The van der Waals surface area contributed by atoms with Crippen LogP contribution in [0.25, 0.3) is 44.8 Å². The van der Waals surface area contributed by atoms with E-state index in [1.165, 1.54) is 42.1 Å². The van der Waals surface area contributed by atoms with Gasteiger partial charge in [0, 0.05) is 35.7 Å². The summed E-state index contributed by atoms with van der Waals surface area (Å²) in [5, 5.41) is 3.66. The van der Waals surface area contributed by atoms with Gasteiger partial charge in [-0.25, -0.2) is 24.9 Å². The molecule has 0 aliphatic heterocycles. The van der Waals surface area contributed by atoms with Crippen molar-refractivity contribution in [3.8, 4) is 28.5 Å². The van der Waals surface area contributed by atoms with E-state index >= 15 is 0 Å². The Morgan fingerprint density at radius 3 is 1.95 bits per heavy atom. The molecule has 0 saturated carbocycles. The highest BCUT2D eigenvalue weighted by atomic mass is 32.2.